The van der Waals surface area contributed by atoms with E-state index in [1.807, 2.05) is 0 Å². The number of para-hydroxylation sites is 1. The Labute approximate surface area is 131 Å². The summed E-state index contributed by atoms with van der Waals surface area (Å²) < 4.78 is 40.2. The molecule has 0 aliphatic rings. The number of rotatable bonds is 3. The molecule has 1 heterocycles. The zero-order valence-corrected chi connectivity index (χ0v) is 13.7. The lowest BCUT2D eigenvalue weighted by Crippen LogP contribution is -2.13. The second-order valence-electron chi connectivity index (χ2n) is 3.39. The Balaban J connectivity index is 2.42. The molecule has 0 spiro atoms. The molecule has 0 unspecified atom stereocenters. The largest absolute Gasteiger partial charge is 0.274 e. The fourth-order valence-electron chi connectivity index (χ4n) is 1.24. The molecule has 0 fully saturated rings. The molecule has 0 atom stereocenters. The van der Waals surface area contributed by atoms with Crippen molar-refractivity contribution in [3.05, 3.63) is 43.9 Å². The van der Waals surface area contributed by atoms with E-state index in [0.29, 0.717) is 3.79 Å². The summed E-state index contributed by atoms with van der Waals surface area (Å²) in [6, 6.07) is 5.16. The van der Waals surface area contributed by atoms with Crippen LogP contribution < -0.4 is 4.72 Å². The summed E-state index contributed by atoms with van der Waals surface area (Å²) >= 11 is 15.6. The number of thiophene rings is 1. The van der Waals surface area contributed by atoms with Crippen LogP contribution in [0.15, 0.2) is 32.3 Å². The number of nitrogens with one attached hydrogen (secondary N) is 1. The van der Waals surface area contributed by atoms with E-state index in [0.717, 1.165) is 17.4 Å². The highest BCUT2D eigenvalue weighted by atomic mass is 79.9. The van der Waals surface area contributed by atoms with Crippen molar-refractivity contribution in [2.24, 2.45) is 0 Å². The number of sulfonamides is 1. The predicted molar refractivity (Wildman–Crippen MR) is 79.2 cm³/mol. The van der Waals surface area contributed by atoms with Crippen LogP contribution >= 0.6 is 50.5 Å². The lowest BCUT2D eigenvalue weighted by atomic mass is 10.3. The quantitative estimate of drug-likeness (QED) is 0.801. The molecule has 0 bridgehead atoms. The molecule has 0 saturated carbocycles. The van der Waals surface area contributed by atoms with Gasteiger partial charge in [0.25, 0.3) is 10.0 Å². The van der Waals surface area contributed by atoms with E-state index in [2.05, 4.69) is 20.7 Å². The SMILES string of the molecule is O=S(=O)(Nc1c(F)cccc1Cl)c1cc(Cl)c(Br)s1. The summed E-state index contributed by atoms with van der Waals surface area (Å²) in [6.07, 6.45) is 0. The van der Waals surface area contributed by atoms with Gasteiger partial charge in [-0.15, -0.1) is 11.3 Å². The van der Waals surface area contributed by atoms with E-state index < -0.39 is 15.8 Å². The van der Waals surface area contributed by atoms with Gasteiger partial charge in [-0.05, 0) is 34.1 Å². The van der Waals surface area contributed by atoms with Gasteiger partial charge in [-0.25, -0.2) is 12.8 Å². The molecular formula is C10H5BrCl2FNO2S2. The van der Waals surface area contributed by atoms with Gasteiger partial charge >= 0.3 is 0 Å². The summed E-state index contributed by atoms with van der Waals surface area (Å²) in [7, 11) is -3.93. The van der Waals surface area contributed by atoms with Crippen LogP contribution in [-0.4, -0.2) is 8.42 Å². The van der Waals surface area contributed by atoms with Crippen molar-refractivity contribution < 1.29 is 12.8 Å². The average molecular weight is 405 g/mol. The molecule has 0 aliphatic carbocycles. The van der Waals surface area contributed by atoms with E-state index in [9.17, 15) is 12.8 Å². The third-order valence-electron chi connectivity index (χ3n) is 2.09. The van der Waals surface area contributed by atoms with Crippen molar-refractivity contribution >= 4 is 66.2 Å². The van der Waals surface area contributed by atoms with Gasteiger partial charge in [0.1, 0.15) is 15.7 Å². The standard InChI is InChI=1S/C10H5BrCl2FNO2S2/c11-10-6(13)4-8(18-10)19(16,17)15-9-5(12)2-1-3-7(9)14/h1-4,15H. The highest BCUT2D eigenvalue weighted by Gasteiger charge is 2.21. The Kier molecular flexibility index (Phi) is 4.42. The highest BCUT2D eigenvalue weighted by molar-refractivity contribution is 9.11. The maximum atomic E-state index is 13.5. The number of hydrogen-bond donors (Lipinski definition) is 1. The molecule has 9 heteroatoms. The summed E-state index contributed by atoms with van der Waals surface area (Å²) in [5.41, 5.74) is -0.287. The summed E-state index contributed by atoms with van der Waals surface area (Å²) in [5, 5.41) is 0.246. The van der Waals surface area contributed by atoms with Crippen LogP contribution in [0.1, 0.15) is 0 Å². The first-order chi connectivity index (χ1) is 8.81. The zero-order chi connectivity index (χ0) is 14.2. The molecule has 0 aliphatic heterocycles. The first-order valence-electron chi connectivity index (χ1n) is 4.73. The topological polar surface area (TPSA) is 46.2 Å². The van der Waals surface area contributed by atoms with Gasteiger partial charge in [0.15, 0.2) is 0 Å². The van der Waals surface area contributed by atoms with Crippen LogP contribution in [-0.2, 0) is 10.0 Å². The van der Waals surface area contributed by atoms with Gasteiger partial charge in [-0.2, -0.15) is 0 Å². The summed E-state index contributed by atoms with van der Waals surface area (Å²) in [6.45, 7) is 0. The predicted octanol–water partition coefficient (Wildman–Crippen LogP) is 4.76. The summed E-state index contributed by atoms with van der Waals surface area (Å²) in [5.74, 6) is -0.752. The molecule has 2 rings (SSSR count). The number of halogens is 4. The van der Waals surface area contributed by atoms with Crippen molar-refractivity contribution in [3.8, 4) is 0 Å². The van der Waals surface area contributed by atoms with E-state index >= 15 is 0 Å². The number of anilines is 1. The van der Waals surface area contributed by atoms with E-state index in [1.54, 1.807) is 0 Å². The highest BCUT2D eigenvalue weighted by Crippen LogP contribution is 2.36. The number of hydrogen-bond acceptors (Lipinski definition) is 3. The van der Waals surface area contributed by atoms with Gasteiger partial charge in [-0.1, -0.05) is 29.3 Å². The van der Waals surface area contributed by atoms with Crippen molar-refractivity contribution in [2.75, 3.05) is 4.72 Å². The maximum absolute atomic E-state index is 13.5. The molecule has 2 aromatic rings. The van der Waals surface area contributed by atoms with Gasteiger partial charge in [-0.3, -0.25) is 4.72 Å². The molecular weight excluding hydrogens is 400 g/mol. The Bertz CT molecular complexity index is 693. The van der Waals surface area contributed by atoms with Crippen LogP contribution in [0.4, 0.5) is 10.1 Å². The first kappa shape index (κ1) is 15.1. The van der Waals surface area contributed by atoms with Crippen molar-refractivity contribution in [3.63, 3.8) is 0 Å². The molecule has 0 saturated heterocycles. The fraction of sp³-hybridized carbons (Fsp3) is 0. The van der Waals surface area contributed by atoms with E-state index in [-0.39, 0.29) is 19.9 Å². The first-order valence-corrected chi connectivity index (χ1v) is 8.58. The molecule has 1 aromatic heterocycles. The van der Waals surface area contributed by atoms with E-state index in [1.165, 1.54) is 18.2 Å². The minimum Gasteiger partial charge on any atom is -0.274 e. The summed E-state index contributed by atoms with van der Waals surface area (Å²) in [4.78, 5) is 0. The van der Waals surface area contributed by atoms with Crippen LogP contribution in [0.25, 0.3) is 0 Å². The smallest absolute Gasteiger partial charge is 0.271 e. The second-order valence-corrected chi connectivity index (χ2v) is 8.48. The van der Waals surface area contributed by atoms with Crippen LogP contribution in [0.3, 0.4) is 0 Å². The van der Waals surface area contributed by atoms with Crippen molar-refractivity contribution in [2.45, 2.75) is 4.21 Å². The van der Waals surface area contributed by atoms with Gasteiger partial charge in [0, 0.05) is 0 Å². The Morgan fingerprint density at radius 1 is 1.26 bits per heavy atom. The second kappa shape index (κ2) is 5.57. The van der Waals surface area contributed by atoms with Gasteiger partial charge < -0.3 is 0 Å². The van der Waals surface area contributed by atoms with Crippen molar-refractivity contribution in [1.29, 1.82) is 0 Å². The lowest BCUT2D eigenvalue weighted by Gasteiger charge is -2.08. The monoisotopic (exact) mass is 403 g/mol. The minimum atomic E-state index is -3.93. The maximum Gasteiger partial charge on any atom is 0.271 e. The Morgan fingerprint density at radius 2 is 1.95 bits per heavy atom. The molecule has 0 radical (unpaired) electrons. The number of benzene rings is 1. The average Bonchev–Trinajstić information content (AvgIpc) is 2.66. The molecule has 0 amide bonds. The van der Waals surface area contributed by atoms with Gasteiger partial charge in [0.2, 0.25) is 0 Å². The fourth-order valence-corrected chi connectivity index (χ4v) is 4.99. The van der Waals surface area contributed by atoms with Crippen LogP contribution in [0.2, 0.25) is 10.0 Å². The van der Waals surface area contributed by atoms with Crippen LogP contribution in [0.5, 0.6) is 0 Å². The molecule has 19 heavy (non-hydrogen) atoms. The molecule has 102 valence electrons. The molecule has 3 nitrogen and oxygen atoms in total. The third kappa shape index (κ3) is 3.22. The normalized spacial score (nSPS) is 11.6. The Hall–Kier alpha value is -0.340. The Morgan fingerprint density at radius 3 is 2.47 bits per heavy atom. The van der Waals surface area contributed by atoms with Crippen molar-refractivity contribution in [1.82, 2.24) is 0 Å². The third-order valence-corrected chi connectivity index (χ3v) is 6.70. The molecule has 1 N–H and O–H groups in total. The molecule has 1 aromatic carbocycles. The van der Waals surface area contributed by atoms with Gasteiger partial charge in [0.05, 0.1) is 13.8 Å². The zero-order valence-electron chi connectivity index (χ0n) is 8.95. The van der Waals surface area contributed by atoms with Crippen LogP contribution in [0, 0.1) is 5.82 Å². The van der Waals surface area contributed by atoms with E-state index in [4.69, 9.17) is 23.2 Å². The minimum absolute atomic E-state index is 0.0229. The lowest BCUT2D eigenvalue weighted by molar-refractivity contribution is 0.600.